The molecule has 18 heavy (non-hydrogen) atoms. The molecule has 0 aliphatic rings. The summed E-state index contributed by atoms with van der Waals surface area (Å²) in [5.41, 5.74) is 1.15. The number of phenols is 1. The van der Waals surface area contributed by atoms with Crippen molar-refractivity contribution in [1.82, 2.24) is 9.78 Å². The number of hydrogen-bond acceptors (Lipinski definition) is 3. The van der Waals surface area contributed by atoms with Crippen LogP contribution in [0, 0.1) is 0 Å². The van der Waals surface area contributed by atoms with Gasteiger partial charge in [-0.15, -0.1) is 0 Å². The molecule has 96 valence electrons. The number of nitrogens with zero attached hydrogens (tertiary/aromatic N) is 2. The van der Waals surface area contributed by atoms with Gasteiger partial charge in [0.1, 0.15) is 15.9 Å². The number of halogens is 3. The summed E-state index contributed by atoms with van der Waals surface area (Å²) in [4.78, 5) is 0. The van der Waals surface area contributed by atoms with E-state index >= 15 is 0 Å². The summed E-state index contributed by atoms with van der Waals surface area (Å²) in [5.74, 6) is 0.0722. The first-order chi connectivity index (χ1) is 8.49. The number of benzene rings is 1. The molecule has 0 unspecified atom stereocenters. The number of alkyl halides is 2. The Labute approximate surface area is 110 Å². The summed E-state index contributed by atoms with van der Waals surface area (Å²) in [5, 5.41) is 13.3. The molecule has 0 aliphatic heterocycles. The van der Waals surface area contributed by atoms with Crippen molar-refractivity contribution in [2.45, 2.75) is 6.61 Å². The lowest BCUT2D eigenvalue weighted by Gasteiger charge is -2.03. The number of rotatable bonds is 3. The minimum atomic E-state index is -2.91. The van der Waals surface area contributed by atoms with E-state index in [0.29, 0.717) is 15.7 Å². The summed E-state index contributed by atoms with van der Waals surface area (Å²) in [6.07, 6.45) is 0. The van der Waals surface area contributed by atoms with E-state index in [9.17, 15) is 13.9 Å². The van der Waals surface area contributed by atoms with E-state index in [0.717, 1.165) is 0 Å². The first kappa shape index (κ1) is 12.8. The Balaban J connectivity index is 2.43. The molecular weight excluding hydrogens is 310 g/mol. The Kier molecular flexibility index (Phi) is 3.51. The van der Waals surface area contributed by atoms with Crippen LogP contribution in [0.2, 0.25) is 0 Å². The van der Waals surface area contributed by atoms with E-state index in [2.05, 4.69) is 25.8 Å². The van der Waals surface area contributed by atoms with Gasteiger partial charge in [-0.25, -0.2) is 4.68 Å². The van der Waals surface area contributed by atoms with Gasteiger partial charge in [-0.2, -0.15) is 13.9 Å². The predicted octanol–water partition coefficient (Wildman–Crippen LogP) is 3.16. The van der Waals surface area contributed by atoms with Gasteiger partial charge < -0.3 is 9.84 Å². The largest absolute Gasteiger partial charge is 0.508 e. The maximum Gasteiger partial charge on any atom is 0.388 e. The molecule has 4 nitrogen and oxygen atoms in total. The number of aromatic hydroxyl groups is 1. The summed E-state index contributed by atoms with van der Waals surface area (Å²) < 4.78 is 30.4. The van der Waals surface area contributed by atoms with Crippen molar-refractivity contribution in [3.63, 3.8) is 0 Å². The smallest absolute Gasteiger partial charge is 0.388 e. The Bertz CT molecular complexity index is 555. The zero-order chi connectivity index (χ0) is 13.3. The highest BCUT2D eigenvalue weighted by Gasteiger charge is 2.19. The number of hydrogen-bond donors (Lipinski definition) is 1. The third-order valence-electron chi connectivity index (χ3n) is 2.28. The second-order valence-corrected chi connectivity index (χ2v) is 4.31. The van der Waals surface area contributed by atoms with Crippen LogP contribution in [0.25, 0.3) is 11.3 Å². The Morgan fingerprint density at radius 3 is 2.50 bits per heavy atom. The Morgan fingerprint density at radius 1 is 1.33 bits per heavy atom. The van der Waals surface area contributed by atoms with Crippen molar-refractivity contribution in [1.29, 1.82) is 0 Å². The molecule has 0 spiro atoms. The molecule has 2 rings (SSSR count). The molecule has 0 saturated heterocycles. The molecule has 0 atom stereocenters. The van der Waals surface area contributed by atoms with E-state index in [1.165, 1.54) is 23.9 Å². The van der Waals surface area contributed by atoms with Crippen LogP contribution in [0.4, 0.5) is 8.78 Å². The van der Waals surface area contributed by atoms with Gasteiger partial charge in [-0.05, 0) is 40.2 Å². The quantitative estimate of drug-likeness (QED) is 0.945. The summed E-state index contributed by atoms with van der Waals surface area (Å²) in [7, 11) is 1.51. The van der Waals surface area contributed by atoms with Gasteiger partial charge in [0.2, 0.25) is 5.88 Å². The van der Waals surface area contributed by atoms with Crippen molar-refractivity contribution < 1.29 is 18.6 Å². The molecule has 1 heterocycles. The van der Waals surface area contributed by atoms with Crippen LogP contribution in [0.1, 0.15) is 0 Å². The second kappa shape index (κ2) is 4.93. The average Bonchev–Trinajstić information content (AvgIpc) is 2.58. The van der Waals surface area contributed by atoms with Crippen LogP contribution >= 0.6 is 15.9 Å². The minimum Gasteiger partial charge on any atom is -0.508 e. The molecule has 1 aromatic carbocycles. The number of phenolic OH excluding ortho intramolecular Hbond substituents is 1. The van der Waals surface area contributed by atoms with E-state index in [4.69, 9.17) is 0 Å². The fourth-order valence-corrected chi connectivity index (χ4v) is 2.16. The summed E-state index contributed by atoms with van der Waals surface area (Å²) >= 11 is 3.18. The molecule has 0 amide bonds. The zero-order valence-electron chi connectivity index (χ0n) is 9.27. The Hall–Kier alpha value is -1.63. The summed E-state index contributed by atoms with van der Waals surface area (Å²) in [6, 6.07) is 6.25. The molecule has 1 aromatic heterocycles. The minimum absolute atomic E-state index is 0.0481. The van der Waals surface area contributed by atoms with Gasteiger partial charge in [-0.1, -0.05) is 0 Å². The van der Waals surface area contributed by atoms with Gasteiger partial charge in [0.15, 0.2) is 0 Å². The highest BCUT2D eigenvalue weighted by molar-refractivity contribution is 9.10. The SMILES string of the molecule is Cn1nc(-c2ccc(O)cc2)c(Br)c1OC(F)F. The molecule has 2 aromatic rings. The van der Waals surface area contributed by atoms with Gasteiger partial charge in [0.25, 0.3) is 0 Å². The van der Waals surface area contributed by atoms with Crippen LogP contribution in [0.5, 0.6) is 11.6 Å². The van der Waals surface area contributed by atoms with E-state index in [-0.39, 0.29) is 11.6 Å². The third kappa shape index (κ3) is 2.45. The molecular formula is C11H9BrF2N2O2. The zero-order valence-corrected chi connectivity index (χ0v) is 10.9. The Morgan fingerprint density at radius 2 is 1.94 bits per heavy atom. The lowest BCUT2D eigenvalue weighted by atomic mass is 10.1. The second-order valence-electron chi connectivity index (χ2n) is 3.52. The molecule has 0 fully saturated rings. The predicted molar refractivity (Wildman–Crippen MR) is 64.6 cm³/mol. The molecule has 1 N–H and O–H groups in total. The van der Waals surface area contributed by atoms with Crippen molar-refractivity contribution in [2.75, 3.05) is 0 Å². The van der Waals surface area contributed by atoms with Crippen LogP contribution in [-0.2, 0) is 7.05 Å². The van der Waals surface area contributed by atoms with Gasteiger partial charge in [-0.3, -0.25) is 0 Å². The van der Waals surface area contributed by atoms with Gasteiger partial charge in [0.05, 0.1) is 0 Å². The van der Waals surface area contributed by atoms with Crippen molar-refractivity contribution in [3.05, 3.63) is 28.7 Å². The first-order valence-electron chi connectivity index (χ1n) is 4.95. The lowest BCUT2D eigenvalue weighted by Crippen LogP contribution is -2.06. The standard InChI is InChI=1S/C11H9BrF2N2O2/c1-16-10(18-11(13)14)8(12)9(15-16)6-2-4-7(17)5-3-6/h2-5,11,17H,1H3. The van der Waals surface area contributed by atoms with E-state index < -0.39 is 6.61 Å². The number of aryl methyl sites for hydroxylation is 1. The highest BCUT2D eigenvalue weighted by atomic mass is 79.9. The van der Waals surface area contributed by atoms with Crippen LogP contribution in [0.3, 0.4) is 0 Å². The first-order valence-corrected chi connectivity index (χ1v) is 5.75. The average molecular weight is 319 g/mol. The maximum atomic E-state index is 12.2. The van der Waals surface area contributed by atoms with Crippen LogP contribution in [-0.4, -0.2) is 21.5 Å². The number of aromatic nitrogens is 2. The highest BCUT2D eigenvalue weighted by Crippen LogP contribution is 2.36. The van der Waals surface area contributed by atoms with Crippen molar-refractivity contribution in [2.24, 2.45) is 7.05 Å². The third-order valence-corrected chi connectivity index (χ3v) is 3.00. The molecule has 0 aliphatic carbocycles. The lowest BCUT2D eigenvalue weighted by molar-refractivity contribution is -0.0558. The summed E-state index contributed by atoms with van der Waals surface area (Å²) in [6.45, 7) is -2.91. The van der Waals surface area contributed by atoms with Crippen LogP contribution < -0.4 is 4.74 Å². The maximum absolute atomic E-state index is 12.2. The molecule has 7 heteroatoms. The van der Waals surface area contributed by atoms with Crippen molar-refractivity contribution in [3.8, 4) is 22.9 Å². The normalized spacial score (nSPS) is 10.9. The van der Waals surface area contributed by atoms with Crippen LogP contribution in [0.15, 0.2) is 28.7 Å². The number of ether oxygens (including phenoxy) is 1. The molecule has 0 bridgehead atoms. The van der Waals surface area contributed by atoms with Crippen molar-refractivity contribution >= 4 is 15.9 Å². The molecule has 0 saturated carbocycles. The van der Waals surface area contributed by atoms with E-state index in [1.807, 2.05) is 0 Å². The monoisotopic (exact) mass is 318 g/mol. The topological polar surface area (TPSA) is 47.3 Å². The molecule has 0 radical (unpaired) electrons. The van der Waals surface area contributed by atoms with Gasteiger partial charge in [0, 0.05) is 12.6 Å². The van der Waals surface area contributed by atoms with Gasteiger partial charge >= 0.3 is 6.61 Å². The fourth-order valence-electron chi connectivity index (χ4n) is 1.50. The van der Waals surface area contributed by atoms with E-state index in [1.54, 1.807) is 12.1 Å². The fraction of sp³-hybridized carbons (Fsp3) is 0.182.